The number of unbranched alkanes of at least 4 members (excludes halogenated alkanes) is 14. The van der Waals surface area contributed by atoms with Gasteiger partial charge in [0.05, 0.1) is 5.41 Å². The van der Waals surface area contributed by atoms with Gasteiger partial charge in [-0.15, -0.1) is 0 Å². The van der Waals surface area contributed by atoms with Crippen LogP contribution in [-0.4, -0.2) is 71.5 Å². The lowest BCUT2D eigenvalue weighted by Crippen LogP contribution is -2.28. The Morgan fingerprint density at radius 3 is 1.54 bits per heavy atom. The lowest BCUT2D eigenvalue weighted by atomic mass is 9.79. The van der Waals surface area contributed by atoms with E-state index in [1.54, 1.807) is 24.3 Å². The average molecular weight is 958 g/mol. The van der Waals surface area contributed by atoms with E-state index in [1.165, 1.54) is 12.1 Å². The molecule has 2 heterocycles. The van der Waals surface area contributed by atoms with E-state index < -0.39 is 43.0 Å². The highest BCUT2D eigenvalue weighted by Crippen LogP contribution is 2.52. The van der Waals surface area contributed by atoms with Crippen molar-refractivity contribution in [1.29, 1.82) is 0 Å². The summed E-state index contributed by atoms with van der Waals surface area (Å²) in [7, 11) is -8.96. The van der Waals surface area contributed by atoms with E-state index in [4.69, 9.17) is 10.2 Å². The molecule has 0 amide bonds. The second-order valence-corrected chi connectivity index (χ2v) is 22.1. The third kappa shape index (κ3) is 12.1. The van der Waals surface area contributed by atoms with Gasteiger partial charge in [-0.2, -0.15) is 21.4 Å². The minimum Gasteiger partial charge on any atom is -0.481 e. The summed E-state index contributed by atoms with van der Waals surface area (Å²) in [5.41, 5.74) is 4.93. The topological polar surface area (TPSA) is 190 Å². The van der Waals surface area contributed by atoms with Crippen LogP contribution in [0, 0.1) is 0 Å². The van der Waals surface area contributed by atoms with Crippen molar-refractivity contribution in [1.82, 2.24) is 0 Å². The number of hydrogen-bond donors (Lipinski definition) is 4. The van der Waals surface area contributed by atoms with Crippen molar-refractivity contribution in [3.05, 3.63) is 95.7 Å². The van der Waals surface area contributed by atoms with Gasteiger partial charge in [-0.05, 0) is 86.2 Å². The van der Waals surface area contributed by atoms with Crippen molar-refractivity contribution < 1.29 is 50.3 Å². The number of rotatable bonds is 26. The number of nitrogens with zero attached hydrogens (tertiary/aromatic N) is 2. The second kappa shape index (κ2) is 22.0. The Labute approximate surface area is 397 Å². The predicted octanol–water partition coefficient (Wildman–Crippen LogP) is 12.3. The van der Waals surface area contributed by atoms with E-state index in [9.17, 15) is 35.5 Å². The van der Waals surface area contributed by atoms with Gasteiger partial charge in [0.25, 0.3) is 20.2 Å². The highest BCUT2D eigenvalue weighted by Gasteiger charge is 2.46. The summed E-state index contributed by atoms with van der Waals surface area (Å²) in [4.78, 5) is 23.8. The zero-order valence-corrected chi connectivity index (χ0v) is 41.2. The van der Waals surface area contributed by atoms with E-state index in [2.05, 4.69) is 55.4 Å². The molecule has 2 aliphatic rings. The summed E-state index contributed by atoms with van der Waals surface area (Å²) in [6.07, 6.45) is 22.5. The highest BCUT2D eigenvalue weighted by atomic mass is 32.2. The third-order valence-electron chi connectivity index (χ3n) is 13.8. The fraction of sp³-hybridized carbons (Fsp3) is 0.491. The summed E-state index contributed by atoms with van der Waals surface area (Å²) < 4.78 is 72.9. The molecule has 12 nitrogen and oxygen atoms in total. The maximum atomic E-state index is 12.5. The molecule has 0 bridgehead atoms. The Balaban J connectivity index is 1.31. The Morgan fingerprint density at radius 1 is 0.567 bits per heavy atom. The number of aliphatic carboxylic acids is 2. The molecule has 2 aliphatic heterocycles. The number of benzene rings is 4. The van der Waals surface area contributed by atoms with E-state index in [0.717, 1.165) is 148 Å². The summed E-state index contributed by atoms with van der Waals surface area (Å²) in [6, 6.07) is 17.6. The standard InChI is InChI=1S/C53H68N2O10S2/c1-52(2)46(54(36-19-15-11-7-5-9-13-17-30-48(56)57)42-34-32-38-40(50(42)52)24-21-26-44(38)66(60,61)62)28-23-29-47-53(3,4)51-41-25-22-27-45(67(63,64)65)39(41)33-35-43(51)55(47)37-20-16-12-8-6-10-14-18-31-49(58)59/h21-29,32-35H,5-20,30-31,36-37H2,1-4H3,(H3-,56,57,58,59,60,61,62,63,64,65)/p+1. The molecular weight excluding hydrogens is 889 g/mol. The average Bonchev–Trinajstić information content (AvgIpc) is 3.61. The zero-order valence-electron chi connectivity index (χ0n) is 39.6. The van der Waals surface area contributed by atoms with Crippen molar-refractivity contribution in [2.45, 2.75) is 164 Å². The molecule has 0 fully saturated rings. The van der Waals surface area contributed by atoms with E-state index in [1.807, 2.05) is 24.3 Å². The van der Waals surface area contributed by atoms with Crippen LogP contribution >= 0.6 is 0 Å². The molecule has 14 heteroatoms. The molecule has 0 radical (unpaired) electrons. The van der Waals surface area contributed by atoms with Gasteiger partial charge in [0.15, 0.2) is 5.71 Å². The van der Waals surface area contributed by atoms with Gasteiger partial charge in [0.2, 0.25) is 5.69 Å². The van der Waals surface area contributed by atoms with E-state index >= 15 is 0 Å². The van der Waals surface area contributed by atoms with Crippen molar-refractivity contribution in [3.63, 3.8) is 0 Å². The first kappa shape index (κ1) is 51.5. The molecule has 0 unspecified atom stereocenters. The van der Waals surface area contributed by atoms with Crippen molar-refractivity contribution in [3.8, 4) is 0 Å². The van der Waals surface area contributed by atoms with E-state index in [-0.39, 0.29) is 22.6 Å². The summed E-state index contributed by atoms with van der Waals surface area (Å²) in [6.45, 7) is 10.1. The number of carboxylic acid groups (broad SMARTS) is 2. The van der Waals surface area contributed by atoms with Gasteiger partial charge in [0, 0.05) is 71.1 Å². The number of allylic oxidation sites excluding steroid dienone is 4. The van der Waals surface area contributed by atoms with Crippen LogP contribution in [0.4, 0.5) is 11.4 Å². The van der Waals surface area contributed by atoms with Crippen molar-refractivity contribution in [2.75, 3.05) is 18.0 Å². The fourth-order valence-electron chi connectivity index (χ4n) is 10.6. The summed E-state index contributed by atoms with van der Waals surface area (Å²) in [5.74, 6) is -1.50. The first-order valence-electron chi connectivity index (χ1n) is 24.1. The van der Waals surface area contributed by atoms with E-state index in [0.29, 0.717) is 23.6 Å². The number of fused-ring (bicyclic) bond motifs is 6. The van der Waals surface area contributed by atoms with Crippen LogP contribution < -0.4 is 4.90 Å². The van der Waals surface area contributed by atoms with Crippen LogP contribution in [-0.2, 0) is 40.7 Å². The number of carboxylic acids is 2. The summed E-state index contributed by atoms with van der Waals surface area (Å²) >= 11 is 0. The number of hydrogen-bond acceptors (Lipinski definition) is 7. The van der Waals surface area contributed by atoms with Crippen LogP contribution in [0.1, 0.15) is 154 Å². The monoisotopic (exact) mass is 957 g/mol. The van der Waals surface area contributed by atoms with Crippen molar-refractivity contribution >= 4 is 70.8 Å². The van der Waals surface area contributed by atoms with Crippen LogP contribution in [0.3, 0.4) is 0 Å². The Bertz CT molecular complexity index is 2790. The molecule has 4 N–H and O–H groups in total. The second-order valence-electron chi connectivity index (χ2n) is 19.4. The largest absolute Gasteiger partial charge is 0.481 e. The third-order valence-corrected chi connectivity index (χ3v) is 15.6. The van der Waals surface area contributed by atoms with Gasteiger partial charge < -0.3 is 15.1 Å². The highest BCUT2D eigenvalue weighted by molar-refractivity contribution is 7.86. The maximum Gasteiger partial charge on any atom is 0.303 e. The van der Waals surface area contributed by atoms with Gasteiger partial charge in [-0.1, -0.05) is 121 Å². The van der Waals surface area contributed by atoms with Crippen LogP contribution in [0.25, 0.3) is 21.5 Å². The Morgan fingerprint density at radius 2 is 1.03 bits per heavy atom. The Hall–Kier alpha value is -4.89. The lowest BCUT2D eigenvalue weighted by Gasteiger charge is -2.27. The van der Waals surface area contributed by atoms with Gasteiger partial charge >= 0.3 is 11.9 Å². The number of carbonyl (C=O) groups is 2. The molecular formula is C53H69N2O10S2+. The molecule has 0 saturated heterocycles. The quantitative estimate of drug-likeness (QED) is 0.0266. The van der Waals surface area contributed by atoms with Gasteiger partial charge in [-0.25, -0.2) is 0 Å². The molecule has 4 aromatic carbocycles. The molecule has 4 aromatic rings. The van der Waals surface area contributed by atoms with Crippen molar-refractivity contribution in [2.24, 2.45) is 0 Å². The first-order chi connectivity index (χ1) is 31.8. The molecule has 0 aliphatic carbocycles. The number of anilines is 1. The molecule has 67 heavy (non-hydrogen) atoms. The summed E-state index contributed by atoms with van der Waals surface area (Å²) in [5, 5.41) is 20.3. The van der Waals surface area contributed by atoms with Crippen LogP contribution in [0.15, 0.2) is 94.4 Å². The molecule has 362 valence electrons. The SMILES string of the molecule is CC1(C)C(/C=C/C=C2\N(CCCCCCCCCCC(=O)O)c3ccc4c(S(=O)(=O)O)cccc4c3C2(C)C)=[N+](CCCCCCCCCCC(=O)O)c2ccc3c(S(=O)(=O)O)cccc3c21. The molecule has 0 atom stereocenters. The molecule has 6 rings (SSSR count). The smallest absolute Gasteiger partial charge is 0.303 e. The lowest BCUT2D eigenvalue weighted by molar-refractivity contribution is -0.438. The fourth-order valence-corrected chi connectivity index (χ4v) is 12.0. The normalized spacial score (nSPS) is 16.2. The van der Waals surface area contributed by atoms with Crippen LogP contribution in [0.5, 0.6) is 0 Å². The minimum absolute atomic E-state index is 0.126. The first-order valence-corrected chi connectivity index (χ1v) is 27.0. The van der Waals surface area contributed by atoms with Gasteiger partial charge in [0.1, 0.15) is 16.3 Å². The minimum atomic E-state index is -4.48. The molecule has 0 aromatic heterocycles. The maximum absolute atomic E-state index is 12.5. The molecule has 0 saturated carbocycles. The Kier molecular flexibility index (Phi) is 16.9. The van der Waals surface area contributed by atoms with Gasteiger partial charge in [-0.3, -0.25) is 18.7 Å². The molecule has 0 spiro atoms. The predicted molar refractivity (Wildman–Crippen MR) is 266 cm³/mol. The zero-order chi connectivity index (χ0) is 48.6. The van der Waals surface area contributed by atoms with Crippen LogP contribution in [0.2, 0.25) is 0 Å².